The van der Waals surface area contributed by atoms with Gasteiger partial charge in [-0.25, -0.2) is 0 Å². The molecule has 0 radical (unpaired) electrons. The second-order valence-electron chi connectivity index (χ2n) is 4.05. The summed E-state index contributed by atoms with van der Waals surface area (Å²) in [4.78, 5) is 0.835. The van der Waals surface area contributed by atoms with E-state index in [4.69, 9.17) is 11.6 Å². The molecule has 2 nitrogen and oxygen atoms in total. The molecular weight excluding hydrogens is 242 g/mol. The highest BCUT2D eigenvalue weighted by molar-refractivity contribution is 7.86. The lowest BCUT2D eigenvalue weighted by molar-refractivity contribution is 0.535. The van der Waals surface area contributed by atoms with E-state index in [1.807, 2.05) is 25.2 Å². The SMILES string of the molecule is CCCC1C(NC)c2cccc(Cl)c2S1=O. The summed E-state index contributed by atoms with van der Waals surface area (Å²) in [6.07, 6.45) is 2.00. The summed E-state index contributed by atoms with van der Waals surface area (Å²) in [5.41, 5.74) is 1.10. The smallest absolute Gasteiger partial charge is 0.0626 e. The van der Waals surface area contributed by atoms with Crippen molar-refractivity contribution in [2.24, 2.45) is 0 Å². The zero-order chi connectivity index (χ0) is 11.7. The Labute approximate surface area is 104 Å². The molecule has 0 amide bonds. The third-order valence-corrected chi connectivity index (χ3v) is 5.41. The first-order chi connectivity index (χ1) is 7.70. The predicted octanol–water partition coefficient (Wildman–Crippen LogP) is 2.89. The Hall–Kier alpha value is -0.380. The predicted molar refractivity (Wildman–Crippen MR) is 68.4 cm³/mol. The quantitative estimate of drug-likeness (QED) is 0.902. The molecule has 1 aliphatic rings. The molecule has 3 unspecified atom stereocenters. The van der Waals surface area contributed by atoms with Crippen molar-refractivity contribution >= 4 is 22.4 Å². The van der Waals surface area contributed by atoms with Crippen molar-refractivity contribution in [1.82, 2.24) is 5.32 Å². The molecule has 2 rings (SSSR count). The van der Waals surface area contributed by atoms with Crippen LogP contribution < -0.4 is 5.32 Å². The minimum atomic E-state index is -0.971. The molecule has 16 heavy (non-hydrogen) atoms. The van der Waals surface area contributed by atoms with Crippen LogP contribution in [0, 0.1) is 0 Å². The van der Waals surface area contributed by atoms with Crippen molar-refractivity contribution in [2.45, 2.75) is 36.0 Å². The third kappa shape index (κ3) is 1.81. The van der Waals surface area contributed by atoms with E-state index in [9.17, 15) is 4.21 Å². The van der Waals surface area contributed by atoms with Gasteiger partial charge in [-0.15, -0.1) is 0 Å². The van der Waals surface area contributed by atoms with E-state index in [0.29, 0.717) is 5.02 Å². The van der Waals surface area contributed by atoms with Gasteiger partial charge in [-0.2, -0.15) is 0 Å². The molecule has 1 N–H and O–H groups in total. The molecule has 0 saturated carbocycles. The topological polar surface area (TPSA) is 29.1 Å². The van der Waals surface area contributed by atoms with E-state index in [-0.39, 0.29) is 11.3 Å². The molecule has 1 aliphatic heterocycles. The Bertz CT molecular complexity index is 421. The number of benzene rings is 1. The largest absolute Gasteiger partial charge is 0.312 e. The molecule has 4 heteroatoms. The van der Waals surface area contributed by atoms with Gasteiger partial charge in [-0.05, 0) is 25.1 Å². The molecule has 1 aromatic carbocycles. The van der Waals surface area contributed by atoms with Crippen molar-refractivity contribution in [3.8, 4) is 0 Å². The molecule has 1 aromatic rings. The van der Waals surface area contributed by atoms with Crippen molar-refractivity contribution in [1.29, 1.82) is 0 Å². The van der Waals surface area contributed by atoms with Gasteiger partial charge in [-0.3, -0.25) is 4.21 Å². The highest BCUT2D eigenvalue weighted by Gasteiger charge is 2.38. The highest BCUT2D eigenvalue weighted by Crippen LogP contribution is 2.41. The van der Waals surface area contributed by atoms with Crippen LogP contribution in [-0.4, -0.2) is 16.5 Å². The molecule has 0 aliphatic carbocycles. The Morgan fingerprint density at radius 1 is 1.50 bits per heavy atom. The average Bonchev–Trinajstić information content (AvgIpc) is 2.54. The Morgan fingerprint density at radius 2 is 2.25 bits per heavy atom. The van der Waals surface area contributed by atoms with E-state index in [2.05, 4.69) is 12.2 Å². The van der Waals surface area contributed by atoms with E-state index in [0.717, 1.165) is 23.3 Å². The van der Waals surface area contributed by atoms with Crippen molar-refractivity contribution < 1.29 is 4.21 Å². The maximum Gasteiger partial charge on any atom is 0.0626 e. The fourth-order valence-corrected chi connectivity index (χ4v) is 4.74. The number of hydrogen-bond donors (Lipinski definition) is 1. The number of hydrogen-bond acceptors (Lipinski definition) is 2. The first-order valence-electron chi connectivity index (χ1n) is 5.57. The second kappa shape index (κ2) is 4.86. The van der Waals surface area contributed by atoms with Crippen LogP contribution in [0.1, 0.15) is 31.4 Å². The zero-order valence-electron chi connectivity index (χ0n) is 9.50. The minimum absolute atomic E-state index is 0.157. The van der Waals surface area contributed by atoms with Crippen LogP contribution in [0.15, 0.2) is 23.1 Å². The lowest BCUT2D eigenvalue weighted by Crippen LogP contribution is -2.26. The van der Waals surface area contributed by atoms with Crippen molar-refractivity contribution in [2.75, 3.05) is 7.05 Å². The number of fused-ring (bicyclic) bond motifs is 1. The van der Waals surface area contributed by atoms with Crippen LogP contribution >= 0.6 is 11.6 Å². The Morgan fingerprint density at radius 3 is 2.88 bits per heavy atom. The maximum atomic E-state index is 12.4. The van der Waals surface area contributed by atoms with Crippen molar-refractivity contribution in [3.63, 3.8) is 0 Å². The summed E-state index contributed by atoms with van der Waals surface area (Å²) in [5, 5.41) is 4.05. The first kappa shape index (κ1) is 12.1. The third-order valence-electron chi connectivity index (χ3n) is 3.06. The van der Waals surface area contributed by atoms with E-state index in [1.165, 1.54) is 0 Å². The molecule has 0 aromatic heterocycles. The van der Waals surface area contributed by atoms with Gasteiger partial charge in [0.25, 0.3) is 0 Å². The summed E-state index contributed by atoms with van der Waals surface area (Å²) in [7, 11) is 0.946. The van der Waals surface area contributed by atoms with E-state index >= 15 is 0 Å². The lowest BCUT2D eigenvalue weighted by Gasteiger charge is -2.17. The molecule has 0 bridgehead atoms. The lowest BCUT2D eigenvalue weighted by atomic mass is 10.0. The normalized spacial score (nSPS) is 28.1. The first-order valence-corrected chi connectivity index (χ1v) is 7.16. The van der Waals surface area contributed by atoms with Gasteiger partial charge in [0.15, 0.2) is 0 Å². The number of rotatable bonds is 3. The van der Waals surface area contributed by atoms with Gasteiger partial charge in [0.05, 0.1) is 26.0 Å². The van der Waals surface area contributed by atoms with Gasteiger partial charge in [0.1, 0.15) is 0 Å². The molecule has 1 heterocycles. The monoisotopic (exact) mass is 257 g/mol. The van der Waals surface area contributed by atoms with Crippen LogP contribution in [0.3, 0.4) is 0 Å². The van der Waals surface area contributed by atoms with Crippen LogP contribution in [0.25, 0.3) is 0 Å². The van der Waals surface area contributed by atoms with Crippen LogP contribution in [-0.2, 0) is 10.8 Å². The molecule has 3 atom stereocenters. The second-order valence-corrected chi connectivity index (χ2v) is 6.06. The maximum absolute atomic E-state index is 12.4. The summed E-state index contributed by atoms with van der Waals surface area (Å²) in [5.74, 6) is 0. The molecular formula is C12H16ClNOS. The fourth-order valence-electron chi connectivity index (χ4n) is 2.36. The van der Waals surface area contributed by atoms with Crippen LogP contribution in [0.4, 0.5) is 0 Å². The van der Waals surface area contributed by atoms with E-state index < -0.39 is 10.8 Å². The standard InChI is InChI=1S/C12H16ClNOS/c1-3-5-10-11(14-2)8-6-4-7-9(13)12(8)16(10)15/h4,6-7,10-11,14H,3,5H2,1-2H3. The molecule has 88 valence electrons. The van der Waals surface area contributed by atoms with Crippen LogP contribution in [0.5, 0.6) is 0 Å². The van der Waals surface area contributed by atoms with Crippen LogP contribution in [0.2, 0.25) is 5.02 Å². The minimum Gasteiger partial charge on any atom is -0.312 e. The van der Waals surface area contributed by atoms with E-state index in [1.54, 1.807) is 0 Å². The van der Waals surface area contributed by atoms with Crippen molar-refractivity contribution in [3.05, 3.63) is 28.8 Å². The molecule has 0 saturated heterocycles. The highest BCUT2D eigenvalue weighted by atomic mass is 35.5. The number of nitrogens with one attached hydrogen (secondary N) is 1. The summed E-state index contributed by atoms with van der Waals surface area (Å²) >= 11 is 6.13. The van der Waals surface area contributed by atoms with Gasteiger partial charge in [0, 0.05) is 6.04 Å². The average molecular weight is 258 g/mol. The summed E-state index contributed by atoms with van der Waals surface area (Å²) < 4.78 is 12.4. The fraction of sp³-hybridized carbons (Fsp3) is 0.500. The number of halogens is 1. The summed E-state index contributed by atoms with van der Waals surface area (Å²) in [6.45, 7) is 2.12. The molecule has 0 spiro atoms. The molecule has 0 fully saturated rings. The Balaban J connectivity index is 2.47. The summed E-state index contributed by atoms with van der Waals surface area (Å²) in [6, 6.07) is 5.95. The van der Waals surface area contributed by atoms with Gasteiger partial charge in [0.2, 0.25) is 0 Å². The Kier molecular flexibility index (Phi) is 3.67. The van der Waals surface area contributed by atoms with Gasteiger partial charge < -0.3 is 5.32 Å². The zero-order valence-corrected chi connectivity index (χ0v) is 11.1. The van der Waals surface area contributed by atoms with Gasteiger partial charge in [-0.1, -0.05) is 37.1 Å². The van der Waals surface area contributed by atoms with Gasteiger partial charge >= 0.3 is 0 Å².